The second-order valence-corrected chi connectivity index (χ2v) is 8.35. The van der Waals surface area contributed by atoms with Crippen molar-refractivity contribution >= 4 is 51.5 Å². The van der Waals surface area contributed by atoms with Gasteiger partial charge in [-0.05, 0) is 36.7 Å². The van der Waals surface area contributed by atoms with Crippen molar-refractivity contribution in [3.63, 3.8) is 0 Å². The molecule has 0 saturated carbocycles. The van der Waals surface area contributed by atoms with E-state index in [4.69, 9.17) is 15.6 Å². The molecular formula is C20H22ClN5O5S. The summed E-state index contributed by atoms with van der Waals surface area (Å²) >= 11 is 1.41. The van der Waals surface area contributed by atoms with Gasteiger partial charge < -0.3 is 30.8 Å². The van der Waals surface area contributed by atoms with Crippen LogP contribution in [-0.4, -0.2) is 52.1 Å². The van der Waals surface area contributed by atoms with Crippen molar-refractivity contribution < 1.29 is 19.4 Å². The van der Waals surface area contributed by atoms with Gasteiger partial charge in [0.2, 0.25) is 5.82 Å². The molecule has 170 valence electrons. The third kappa shape index (κ3) is 4.75. The van der Waals surface area contributed by atoms with Crippen molar-refractivity contribution in [2.75, 3.05) is 25.5 Å². The number of aromatic nitrogens is 2. The Morgan fingerprint density at radius 3 is 2.88 bits per heavy atom. The van der Waals surface area contributed by atoms with Gasteiger partial charge in [0, 0.05) is 24.5 Å². The van der Waals surface area contributed by atoms with E-state index in [9.17, 15) is 14.4 Å². The maximum Gasteiger partial charge on any atom is 0.372 e. The number of benzene rings is 1. The third-order valence-electron chi connectivity index (χ3n) is 5.02. The zero-order chi connectivity index (χ0) is 22.1. The summed E-state index contributed by atoms with van der Waals surface area (Å²) in [6, 6.07) is 5.53. The molecule has 0 atom stereocenters. The number of rotatable bonds is 2. The van der Waals surface area contributed by atoms with Crippen LogP contribution >= 0.6 is 23.7 Å². The molecule has 0 unspecified atom stereocenters. The van der Waals surface area contributed by atoms with Crippen molar-refractivity contribution in [2.24, 2.45) is 5.73 Å². The minimum absolute atomic E-state index is 0. The number of carboxylic acids is 1. The highest BCUT2D eigenvalue weighted by atomic mass is 35.5. The molecule has 2 aromatic heterocycles. The third-order valence-corrected chi connectivity index (χ3v) is 6.13. The number of hydrogen-bond donors (Lipinski definition) is 4. The first-order valence-corrected chi connectivity index (χ1v) is 10.4. The Balaban J connectivity index is 0.000000184. The molecule has 10 nitrogen and oxygen atoms in total. The van der Waals surface area contributed by atoms with Crippen LogP contribution in [0.15, 0.2) is 23.0 Å². The van der Waals surface area contributed by atoms with E-state index in [2.05, 4.69) is 20.2 Å². The minimum atomic E-state index is -1.21. The molecule has 5 rings (SSSR count). The molecule has 0 saturated heterocycles. The molecule has 0 bridgehead atoms. The molecule has 1 aromatic carbocycles. The molecule has 0 spiro atoms. The molecule has 5 N–H and O–H groups in total. The number of carboxylic acid groups (broad SMARTS) is 1. The number of fused-ring (bicyclic) bond motifs is 4. The van der Waals surface area contributed by atoms with Crippen LogP contribution < -0.4 is 21.3 Å². The average Bonchev–Trinajstić information content (AvgIpc) is 3.11. The molecule has 12 heteroatoms. The van der Waals surface area contributed by atoms with Crippen molar-refractivity contribution in [3.8, 4) is 5.75 Å². The molecular weight excluding hydrogens is 458 g/mol. The number of ether oxygens (including phenoxy) is 1. The maximum absolute atomic E-state index is 12.0. The Morgan fingerprint density at radius 2 is 2.16 bits per heavy atom. The Labute approximate surface area is 192 Å². The number of carbonyl (C=O) groups excluding carboxylic acids is 1. The van der Waals surface area contributed by atoms with Gasteiger partial charge in [0.15, 0.2) is 6.61 Å². The molecule has 2 aliphatic heterocycles. The standard InChI is InChI=1S/C11H11N3O3S.C9H10N2O2.ClH/c1-14-3-2-5-6(4-14)18-10-7(5)9(15)12-8(13-10)11(16)17;10-4-6-1-2-8-7(3-6)11-9(12)5-13-8;/h2-4H2,1H3,(H,16,17)(H,12,13,15);1-3H,4-5,10H2,(H,11,12);1H. The number of amides is 1. The van der Waals surface area contributed by atoms with Gasteiger partial charge in [-0.1, -0.05) is 6.07 Å². The lowest BCUT2D eigenvalue weighted by molar-refractivity contribution is -0.118. The average molecular weight is 480 g/mol. The van der Waals surface area contributed by atoms with E-state index in [1.807, 2.05) is 25.2 Å². The smallest absolute Gasteiger partial charge is 0.372 e. The van der Waals surface area contributed by atoms with E-state index in [-0.39, 0.29) is 36.3 Å². The molecule has 0 aliphatic carbocycles. The van der Waals surface area contributed by atoms with Crippen LogP contribution in [0.1, 0.15) is 26.6 Å². The number of nitrogens with two attached hydrogens (primary N) is 1. The minimum Gasteiger partial charge on any atom is -0.482 e. The Hall–Kier alpha value is -2.99. The summed E-state index contributed by atoms with van der Waals surface area (Å²) in [6.45, 7) is 2.25. The second kappa shape index (κ2) is 9.65. The zero-order valence-electron chi connectivity index (χ0n) is 17.1. The summed E-state index contributed by atoms with van der Waals surface area (Å²) in [5.41, 5.74) is 7.83. The molecule has 4 heterocycles. The number of nitrogens with zero attached hydrogens (tertiary/aromatic N) is 2. The van der Waals surface area contributed by atoms with Gasteiger partial charge in [0.25, 0.3) is 11.5 Å². The van der Waals surface area contributed by atoms with Gasteiger partial charge in [0.1, 0.15) is 10.6 Å². The number of likely N-dealkylation sites (N-methyl/N-ethyl adjacent to an activating group) is 1. The van der Waals surface area contributed by atoms with Crippen LogP contribution in [0, 0.1) is 0 Å². The van der Waals surface area contributed by atoms with Gasteiger partial charge in [-0.25, -0.2) is 9.78 Å². The van der Waals surface area contributed by atoms with E-state index in [1.54, 1.807) is 0 Å². The summed E-state index contributed by atoms with van der Waals surface area (Å²) < 4.78 is 5.18. The lowest BCUT2D eigenvalue weighted by atomic mass is 10.1. The van der Waals surface area contributed by atoms with Crippen molar-refractivity contribution in [3.05, 3.63) is 50.4 Å². The fourth-order valence-corrected chi connectivity index (χ4v) is 4.79. The van der Waals surface area contributed by atoms with Gasteiger partial charge in [-0.15, -0.1) is 23.7 Å². The van der Waals surface area contributed by atoms with Crippen LogP contribution in [0.25, 0.3) is 10.2 Å². The molecule has 0 fully saturated rings. The number of anilines is 1. The van der Waals surface area contributed by atoms with Crippen LogP contribution in [0.3, 0.4) is 0 Å². The zero-order valence-corrected chi connectivity index (χ0v) is 18.8. The topological polar surface area (TPSA) is 151 Å². The number of hydrogen-bond acceptors (Lipinski definition) is 8. The number of aromatic carboxylic acids is 1. The quantitative estimate of drug-likeness (QED) is 0.432. The number of H-pyrrole nitrogens is 1. The predicted octanol–water partition coefficient (Wildman–Crippen LogP) is 1.57. The van der Waals surface area contributed by atoms with Crippen LogP contribution in [-0.2, 0) is 24.3 Å². The normalized spacial score (nSPS) is 14.8. The van der Waals surface area contributed by atoms with Crippen molar-refractivity contribution in [1.29, 1.82) is 0 Å². The summed E-state index contributed by atoms with van der Waals surface area (Å²) in [5, 5.41) is 12.2. The summed E-state index contributed by atoms with van der Waals surface area (Å²) in [6.07, 6.45) is 0.809. The molecule has 1 amide bonds. The Morgan fingerprint density at radius 1 is 1.38 bits per heavy atom. The molecule has 3 aromatic rings. The van der Waals surface area contributed by atoms with Gasteiger partial charge in [-0.2, -0.15) is 0 Å². The fraction of sp³-hybridized carbons (Fsp3) is 0.300. The van der Waals surface area contributed by atoms with Crippen molar-refractivity contribution in [2.45, 2.75) is 19.5 Å². The largest absolute Gasteiger partial charge is 0.482 e. The van der Waals surface area contributed by atoms with Crippen LogP contribution in [0.4, 0.5) is 5.69 Å². The van der Waals surface area contributed by atoms with E-state index in [1.165, 1.54) is 11.3 Å². The number of thiophene rings is 1. The predicted molar refractivity (Wildman–Crippen MR) is 123 cm³/mol. The first kappa shape index (κ1) is 23.7. The Kier molecular flexibility index (Phi) is 7.14. The number of halogens is 1. The fourth-order valence-electron chi connectivity index (χ4n) is 3.49. The molecule has 2 aliphatic rings. The number of aromatic amines is 1. The first-order chi connectivity index (χ1) is 14.9. The van der Waals surface area contributed by atoms with E-state index in [0.29, 0.717) is 28.2 Å². The summed E-state index contributed by atoms with van der Waals surface area (Å²) in [5.74, 6) is -0.921. The first-order valence-electron chi connectivity index (χ1n) is 9.57. The highest BCUT2D eigenvalue weighted by Crippen LogP contribution is 2.31. The lowest BCUT2D eigenvalue weighted by Crippen LogP contribution is -2.26. The van der Waals surface area contributed by atoms with Crippen molar-refractivity contribution in [1.82, 2.24) is 14.9 Å². The van der Waals surface area contributed by atoms with E-state index in [0.717, 1.165) is 35.5 Å². The highest BCUT2D eigenvalue weighted by Gasteiger charge is 2.22. The van der Waals surface area contributed by atoms with Gasteiger partial charge in [-0.3, -0.25) is 9.59 Å². The summed E-state index contributed by atoms with van der Waals surface area (Å²) in [4.78, 5) is 43.9. The maximum atomic E-state index is 12.0. The van der Waals surface area contributed by atoms with Crippen LogP contribution in [0.2, 0.25) is 0 Å². The van der Waals surface area contributed by atoms with Crippen LogP contribution in [0.5, 0.6) is 5.75 Å². The van der Waals surface area contributed by atoms with E-state index >= 15 is 0 Å². The Bertz CT molecular complexity index is 1240. The lowest BCUT2D eigenvalue weighted by Gasteiger charge is -2.21. The van der Waals surface area contributed by atoms with Gasteiger partial charge in [0.05, 0.1) is 11.1 Å². The summed E-state index contributed by atoms with van der Waals surface area (Å²) in [7, 11) is 2.02. The number of nitrogens with one attached hydrogen (secondary N) is 2. The SMILES string of the molecule is CN1CCc2c(sc3nc(C(=O)O)[nH]c(=O)c23)C1.Cl.NCc1ccc2c(c1)NC(=O)CO2. The second-order valence-electron chi connectivity index (χ2n) is 7.26. The highest BCUT2D eigenvalue weighted by molar-refractivity contribution is 7.18. The number of carbonyl (C=O) groups is 2. The molecule has 32 heavy (non-hydrogen) atoms. The monoisotopic (exact) mass is 479 g/mol. The molecule has 0 radical (unpaired) electrons. The van der Waals surface area contributed by atoms with Gasteiger partial charge >= 0.3 is 5.97 Å². The van der Waals surface area contributed by atoms with E-state index < -0.39 is 5.97 Å².